The monoisotopic (exact) mass is 334 g/mol. The maximum absolute atomic E-state index is 12.2. The van der Waals surface area contributed by atoms with Crippen LogP contribution in [0.25, 0.3) is 0 Å². The Morgan fingerprint density at radius 1 is 1.45 bits per heavy atom. The number of hydrogen-bond acceptors (Lipinski definition) is 4. The standard InChI is InChI=1S/C16H15ClN2O2S/c1-2-19(10-13-4-3-7-22-13)16(20)11-21-15-6-5-12(9-18)8-14(15)17/h3-8H,2,10-11H2,1H3. The van der Waals surface area contributed by atoms with Crippen LogP contribution in [0.2, 0.25) is 5.02 Å². The van der Waals surface area contributed by atoms with Gasteiger partial charge in [-0.15, -0.1) is 11.3 Å². The summed E-state index contributed by atoms with van der Waals surface area (Å²) in [6.07, 6.45) is 0. The molecule has 114 valence electrons. The average Bonchev–Trinajstić information content (AvgIpc) is 3.04. The quantitative estimate of drug-likeness (QED) is 0.809. The molecule has 0 saturated heterocycles. The number of amides is 1. The summed E-state index contributed by atoms with van der Waals surface area (Å²) in [4.78, 5) is 15.1. The van der Waals surface area contributed by atoms with E-state index in [1.165, 1.54) is 6.07 Å². The highest BCUT2D eigenvalue weighted by molar-refractivity contribution is 7.09. The lowest BCUT2D eigenvalue weighted by atomic mass is 10.2. The first kappa shape index (κ1) is 16.3. The normalized spacial score (nSPS) is 10.0. The van der Waals surface area contributed by atoms with Gasteiger partial charge in [0.2, 0.25) is 0 Å². The van der Waals surface area contributed by atoms with Crippen LogP contribution in [0.4, 0.5) is 0 Å². The lowest BCUT2D eigenvalue weighted by Crippen LogP contribution is -2.34. The number of carbonyl (C=O) groups excluding carboxylic acids is 1. The zero-order valence-electron chi connectivity index (χ0n) is 12.1. The molecule has 0 unspecified atom stereocenters. The maximum atomic E-state index is 12.2. The minimum absolute atomic E-state index is 0.0785. The van der Waals surface area contributed by atoms with Gasteiger partial charge in [0.25, 0.3) is 5.91 Å². The number of rotatable bonds is 6. The third kappa shape index (κ3) is 4.23. The molecule has 0 aliphatic rings. The molecule has 6 heteroatoms. The van der Waals surface area contributed by atoms with Gasteiger partial charge in [-0.1, -0.05) is 17.7 Å². The number of ether oxygens (including phenoxy) is 1. The van der Waals surface area contributed by atoms with E-state index in [0.717, 1.165) is 4.88 Å². The Morgan fingerprint density at radius 3 is 2.86 bits per heavy atom. The van der Waals surface area contributed by atoms with Crippen molar-refractivity contribution >= 4 is 28.8 Å². The van der Waals surface area contributed by atoms with Crippen molar-refractivity contribution < 1.29 is 9.53 Å². The van der Waals surface area contributed by atoms with Crippen LogP contribution < -0.4 is 4.74 Å². The second-order valence-corrected chi connectivity index (χ2v) is 5.97. The van der Waals surface area contributed by atoms with E-state index in [1.807, 2.05) is 30.5 Å². The zero-order chi connectivity index (χ0) is 15.9. The molecule has 4 nitrogen and oxygen atoms in total. The van der Waals surface area contributed by atoms with Gasteiger partial charge in [0.05, 0.1) is 23.2 Å². The molecule has 2 aromatic rings. The summed E-state index contributed by atoms with van der Waals surface area (Å²) >= 11 is 7.64. The molecule has 1 amide bonds. The van der Waals surface area contributed by atoms with Crippen LogP contribution in [0.1, 0.15) is 17.4 Å². The minimum Gasteiger partial charge on any atom is -0.482 e. The van der Waals surface area contributed by atoms with Crippen LogP contribution >= 0.6 is 22.9 Å². The zero-order valence-corrected chi connectivity index (χ0v) is 13.7. The Morgan fingerprint density at radius 2 is 2.27 bits per heavy atom. The molecule has 22 heavy (non-hydrogen) atoms. The van der Waals surface area contributed by atoms with Gasteiger partial charge in [0.15, 0.2) is 6.61 Å². The van der Waals surface area contributed by atoms with Crippen molar-refractivity contribution in [1.29, 1.82) is 5.26 Å². The fourth-order valence-electron chi connectivity index (χ4n) is 1.89. The SMILES string of the molecule is CCN(Cc1cccs1)C(=O)COc1ccc(C#N)cc1Cl. The van der Waals surface area contributed by atoms with Gasteiger partial charge in [0.1, 0.15) is 5.75 Å². The van der Waals surface area contributed by atoms with Gasteiger partial charge in [-0.3, -0.25) is 4.79 Å². The number of likely N-dealkylation sites (N-methyl/N-ethyl adjacent to an activating group) is 1. The summed E-state index contributed by atoms with van der Waals surface area (Å²) in [5.74, 6) is 0.303. The van der Waals surface area contributed by atoms with E-state index in [1.54, 1.807) is 28.4 Å². The Balaban J connectivity index is 1.95. The summed E-state index contributed by atoms with van der Waals surface area (Å²) < 4.78 is 5.47. The molecule has 0 aliphatic carbocycles. The molecule has 1 heterocycles. The second-order valence-electron chi connectivity index (χ2n) is 4.53. The summed E-state index contributed by atoms with van der Waals surface area (Å²) in [6.45, 7) is 3.05. The van der Waals surface area contributed by atoms with E-state index in [-0.39, 0.29) is 12.5 Å². The van der Waals surface area contributed by atoms with E-state index >= 15 is 0 Å². The van der Waals surface area contributed by atoms with Crippen molar-refractivity contribution in [3.63, 3.8) is 0 Å². The number of benzene rings is 1. The largest absolute Gasteiger partial charge is 0.482 e. The molecule has 1 aromatic heterocycles. The van der Waals surface area contributed by atoms with Crippen molar-refractivity contribution in [2.75, 3.05) is 13.2 Å². The lowest BCUT2D eigenvalue weighted by molar-refractivity contribution is -0.133. The van der Waals surface area contributed by atoms with Crippen LogP contribution in [0.15, 0.2) is 35.7 Å². The van der Waals surface area contributed by atoms with E-state index in [2.05, 4.69) is 0 Å². The van der Waals surface area contributed by atoms with Gasteiger partial charge < -0.3 is 9.64 Å². The lowest BCUT2D eigenvalue weighted by Gasteiger charge is -2.20. The predicted molar refractivity (Wildman–Crippen MR) is 87.1 cm³/mol. The predicted octanol–water partition coefficient (Wildman–Crippen LogP) is 3.70. The van der Waals surface area contributed by atoms with Crippen molar-refractivity contribution in [2.45, 2.75) is 13.5 Å². The molecule has 0 bridgehead atoms. The number of carbonyl (C=O) groups is 1. The molecule has 0 radical (unpaired) electrons. The van der Waals surface area contributed by atoms with Crippen molar-refractivity contribution in [3.8, 4) is 11.8 Å². The molecular weight excluding hydrogens is 320 g/mol. The van der Waals surface area contributed by atoms with Crippen LogP contribution in [-0.4, -0.2) is 24.0 Å². The number of halogens is 1. The fraction of sp³-hybridized carbons (Fsp3) is 0.250. The number of nitrogens with zero attached hydrogens (tertiary/aromatic N) is 2. The highest BCUT2D eigenvalue weighted by atomic mass is 35.5. The van der Waals surface area contributed by atoms with Crippen molar-refractivity contribution in [3.05, 3.63) is 51.2 Å². The molecule has 2 rings (SSSR count). The highest BCUT2D eigenvalue weighted by Gasteiger charge is 2.14. The average molecular weight is 335 g/mol. The van der Waals surface area contributed by atoms with E-state index in [0.29, 0.717) is 29.4 Å². The topological polar surface area (TPSA) is 53.3 Å². The van der Waals surface area contributed by atoms with Gasteiger partial charge >= 0.3 is 0 Å². The summed E-state index contributed by atoms with van der Waals surface area (Å²) in [6, 6.07) is 10.7. The molecule has 0 atom stereocenters. The van der Waals surface area contributed by atoms with Crippen LogP contribution in [0.3, 0.4) is 0 Å². The molecule has 0 aliphatic heterocycles. The summed E-state index contributed by atoms with van der Waals surface area (Å²) in [5.41, 5.74) is 0.455. The molecular formula is C16H15ClN2O2S. The van der Waals surface area contributed by atoms with E-state index in [4.69, 9.17) is 21.6 Å². The number of hydrogen-bond donors (Lipinski definition) is 0. The Hall–Kier alpha value is -2.03. The first-order chi connectivity index (χ1) is 10.6. The Labute approximate surface area is 138 Å². The maximum Gasteiger partial charge on any atom is 0.260 e. The Kier molecular flexibility index (Phi) is 5.82. The number of thiophene rings is 1. The molecule has 0 N–H and O–H groups in total. The highest BCUT2D eigenvalue weighted by Crippen LogP contribution is 2.25. The molecule has 1 aromatic carbocycles. The summed E-state index contributed by atoms with van der Waals surface area (Å²) in [5, 5.41) is 11.1. The first-order valence-corrected chi connectivity index (χ1v) is 8.02. The molecule has 0 fully saturated rings. The smallest absolute Gasteiger partial charge is 0.260 e. The second kappa shape index (κ2) is 7.83. The van der Waals surface area contributed by atoms with Crippen molar-refractivity contribution in [2.24, 2.45) is 0 Å². The van der Waals surface area contributed by atoms with Crippen LogP contribution in [-0.2, 0) is 11.3 Å². The van der Waals surface area contributed by atoms with Gasteiger partial charge in [-0.25, -0.2) is 0 Å². The fourth-order valence-corrected chi connectivity index (χ4v) is 2.84. The molecule has 0 spiro atoms. The third-order valence-corrected chi connectivity index (χ3v) is 4.23. The van der Waals surface area contributed by atoms with E-state index in [9.17, 15) is 4.79 Å². The third-order valence-electron chi connectivity index (χ3n) is 3.07. The van der Waals surface area contributed by atoms with Gasteiger partial charge in [-0.2, -0.15) is 5.26 Å². The molecule has 0 saturated carbocycles. The van der Waals surface area contributed by atoms with Crippen molar-refractivity contribution in [1.82, 2.24) is 4.90 Å². The van der Waals surface area contributed by atoms with Crippen LogP contribution in [0, 0.1) is 11.3 Å². The number of nitriles is 1. The van der Waals surface area contributed by atoms with Gasteiger partial charge in [-0.05, 0) is 36.6 Å². The Bertz CT molecular complexity index is 680. The van der Waals surface area contributed by atoms with E-state index < -0.39 is 0 Å². The minimum atomic E-state index is -0.101. The van der Waals surface area contributed by atoms with Crippen LogP contribution in [0.5, 0.6) is 5.75 Å². The van der Waals surface area contributed by atoms with Gasteiger partial charge in [0, 0.05) is 11.4 Å². The first-order valence-electron chi connectivity index (χ1n) is 6.76. The summed E-state index contributed by atoms with van der Waals surface area (Å²) in [7, 11) is 0.